The number of rotatable bonds is 5. The van der Waals surface area contributed by atoms with Crippen molar-refractivity contribution in [3.8, 4) is 0 Å². The van der Waals surface area contributed by atoms with Crippen molar-refractivity contribution in [1.29, 1.82) is 0 Å². The third-order valence-corrected chi connectivity index (χ3v) is 4.71. The van der Waals surface area contributed by atoms with Gasteiger partial charge < -0.3 is 10.2 Å². The number of amides is 2. The van der Waals surface area contributed by atoms with Gasteiger partial charge in [0.05, 0.1) is 6.42 Å². The molecular formula is C20H22FN3O2. The average molecular weight is 355 g/mol. The van der Waals surface area contributed by atoms with Crippen LogP contribution in [0, 0.1) is 11.7 Å². The Morgan fingerprint density at radius 2 is 1.92 bits per heavy atom. The third kappa shape index (κ3) is 4.65. The standard InChI is InChI=1S/C20H22FN3O2/c21-18-6-2-1-5-17(18)12-19(25)24-10-7-16(8-11-24)20(26)23-14-15-4-3-9-22-13-15/h1-6,9,13,16H,7-8,10-12,14H2,(H,23,26). The Morgan fingerprint density at radius 1 is 1.15 bits per heavy atom. The van der Waals surface area contributed by atoms with Crippen LogP contribution in [0.15, 0.2) is 48.8 Å². The molecule has 1 aromatic carbocycles. The van der Waals surface area contributed by atoms with E-state index in [4.69, 9.17) is 0 Å². The maximum atomic E-state index is 13.7. The highest BCUT2D eigenvalue weighted by Crippen LogP contribution is 2.19. The van der Waals surface area contributed by atoms with Gasteiger partial charge in [0, 0.05) is 37.9 Å². The molecule has 5 nitrogen and oxygen atoms in total. The lowest BCUT2D eigenvalue weighted by atomic mass is 9.95. The zero-order valence-corrected chi connectivity index (χ0v) is 14.5. The summed E-state index contributed by atoms with van der Waals surface area (Å²) in [6.45, 7) is 1.51. The smallest absolute Gasteiger partial charge is 0.227 e. The van der Waals surface area contributed by atoms with Crippen LogP contribution in [0.2, 0.25) is 0 Å². The first-order chi connectivity index (χ1) is 12.6. The maximum Gasteiger partial charge on any atom is 0.227 e. The van der Waals surface area contributed by atoms with Crippen molar-refractivity contribution in [2.75, 3.05) is 13.1 Å². The summed E-state index contributed by atoms with van der Waals surface area (Å²) in [6, 6.07) is 10.1. The molecule has 6 heteroatoms. The first-order valence-corrected chi connectivity index (χ1v) is 8.81. The highest BCUT2D eigenvalue weighted by molar-refractivity contribution is 5.81. The number of hydrogen-bond donors (Lipinski definition) is 1. The largest absolute Gasteiger partial charge is 0.352 e. The first-order valence-electron chi connectivity index (χ1n) is 8.81. The molecule has 0 saturated carbocycles. The molecule has 1 aliphatic heterocycles. The molecule has 26 heavy (non-hydrogen) atoms. The van der Waals surface area contributed by atoms with Crippen LogP contribution >= 0.6 is 0 Å². The van der Waals surface area contributed by atoms with Crippen LogP contribution in [0.25, 0.3) is 0 Å². The number of halogens is 1. The number of nitrogens with zero attached hydrogens (tertiary/aromatic N) is 2. The summed E-state index contributed by atoms with van der Waals surface area (Å²) in [5.41, 5.74) is 1.37. The summed E-state index contributed by atoms with van der Waals surface area (Å²) < 4.78 is 13.7. The van der Waals surface area contributed by atoms with Gasteiger partial charge in [0.2, 0.25) is 11.8 Å². The van der Waals surface area contributed by atoms with Crippen LogP contribution < -0.4 is 5.32 Å². The van der Waals surface area contributed by atoms with Crippen molar-refractivity contribution < 1.29 is 14.0 Å². The van der Waals surface area contributed by atoms with Gasteiger partial charge in [0.1, 0.15) is 5.82 Å². The monoisotopic (exact) mass is 355 g/mol. The number of pyridine rings is 1. The molecule has 0 aliphatic carbocycles. The Bertz CT molecular complexity index is 759. The molecule has 1 saturated heterocycles. The molecule has 3 rings (SSSR count). The number of benzene rings is 1. The van der Waals surface area contributed by atoms with Gasteiger partial charge in [0.25, 0.3) is 0 Å². The minimum atomic E-state index is -0.356. The Balaban J connectivity index is 1.45. The zero-order valence-electron chi connectivity index (χ0n) is 14.5. The second-order valence-corrected chi connectivity index (χ2v) is 6.50. The molecule has 0 radical (unpaired) electrons. The summed E-state index contributed by atoms with van der Waals surface area (Å²) in [5, 5.41) is 2.93. The molecule has 1 fully saturated rings. The average Bonchev–Trinajstić information content (AvgIpc) is 2.69. The summed E-state index contributed by atoms with van der Waals surface area (Å²) >= 11 is 0. The van der Waals surface area contributed by atoms with Gasteiger partial charge in [-0.3, -0.25) is 14.6 Å². The van der Waals surface area contributed by atoms with Crippen LogP contribution in [0.4, 0.5) is 4.39 Å². The summed E-state index contributed by atoms with van der Waals surface area (Å²) in [6.07, 6.45) is 4.73. The summed E-state index contributed by atoms with van der Waals surface area (Å²) in [4.78, 5) is 30.4. The highest BCUT2D eigenvalue weighted by Gasteiger charge is 2.27. The number of hydrogen-bond acceptors (Lipinski definition) is 3. The molecule has 2 amide bonds. The lowest BCUT2D eigenvalue weighted by molar-refractivity contribution is -0.135. The van der Waals surface area contributed by atoms with Crippen LogP contribution in [0.1, 0.15) is 24.0 Å². The zero-order chi connectivity index (χ0) is 18.4. The van der Waals surface area contributed by atoms with Gasteiger partial charge in [-0.25, -0.2) is 4.39 Å². The molecule has 0 spiro atoms. The topological polar surface area (TPSA) is 62.3 Å². The molecule has 136 valence electrons. The van der Waals surface area contributed by atoms with E-state index in [-0.39, 0.29) is 30.0 Å². The van der Waals surface area contributed by atoms with E-state index in [0.717, 1.165) is 5.56 Å². The van der Waals surface area contributed by atoms with Gasteiger partial charge in [0.15, 0.2) is 0 Å². The lowest BCUT2D eigenvalue weighted by Gasteiger charge is -2.31. The molecule has 0 bridgehead atoms. The van der Waals surface area contributed by atoms with E-state index in [1.165, 1.54) is 6.07 Å². The Kier molecular flexibility index (Phi) is 5.94. The van der Waals surface area contributed by atoms with E-state index < -0.39 is 0 Å². The first kappa shape index (κ1) is 18.0. The van der Waals surface area contributed by atoms with Crippen LogP contribution in [-0.2, 0) is 22.6 Å². The Morgan fingerprint density at radius 3 is 2.62 bits per heavy atom. The van der Waals surface area contributed by atoms with Crippen molar-refractivity contribution in [2.24, 2.45) is 5.92 Å². The number of nitrogens with one attached hydrogen (secondary N) is 1. The third-order valence-electron chi connectivity index (χ3n) is 4.71. The number of carbonyl (C=O) groups is 2. The van der Waals surface area contributed by atoms with Crippen LogP contribution in [0.5, 0.6) is 0 Å². The fraction of sp³-hybridized carbons (Fsp3) is 0.350. The van der Waals surface area contributed by atoms with E-state index >= 15 is 0 Å². The van der Waals surface area contributed by atoms with Gasteiger partial charge >= 0.3 is 0 Å². The predicted octanol–water partition coefficient (Wildman–Crippen LogP) is 2.32. The second-order valence-electron chi connectivity index (χ2n) is 6.50. The van der Waals surface area contributed by atoms with Gasteiger partial charge in [-0.15, -0.1) is 0 Å². The molecule has 0 unspecified atom stereocenters. The number of carbonyl (C=O) groups excluding carboxylic acids is 2. The van der Waals surface area contributed by atoms with E-state index in [0.29, 0.717) is 38.0 Å². The van der Waals surface area contributed by atoms with E-state index in [1.807, 2.05) is 12.1 Å². The lowest BCUT2D eigenvalue weighted by Crippen LogP contribution is -2.43. The van der Waals surface area contributed by atoms with Crippen molar-refractivity contribution in [1.82, 2.24) is 15.2 Å². The van der Waals surface area contributed by atoms with Crippen molar-refractivity contribution in [2.45, 2.75) is 25.8 Å². The van der Waals surface area contributed by atoms with Crippen LogP contribution in [0.3, 0.4) is 0 Å². The van der Waals surface area contributed by atoms with Gasteiger partial charge in [-0.1, -0.05) is 24.3 Å². The maximum absolute atomic E-state index is 13.7. The molecule has 0 atom stereocenters. The molecule has 1 aliphatic rings. The second kappa shape index (κ2) is 8.56. The molecule has 1 N–H and O–H groups in total. The van der Waals surface area contributed by atoms with Crippen molar-refractivity contribution >= 4 is 11.8 Å². The van der Waals surface area contributed by atoms with Crippen LogP contribution in [-0.4, -0.2) is 34.8 Å². The molecule has 2 aromatic rings. The normalized spacial score (nSPS) is 14.9. The molecular weight excluding hydrogens is 333 g/mol. The van der Waals surface area contributed by atoms with Crippen molar-refractivity contribution in [3.05, 3.63) is 65.7 Å². The number of aromatic nitrogens is 1. The fourth-order valence-corrected chi connectivity index (χ4v) is 3.14. The van der Waals surface area contributed by atoms with Gasteiger partial charge in [-0.2, -0.15) is 0 Å². The SMILES string of the molecule is O=C(NCc1cccnc1)C1CCN(C(=O)Cc2ccccc2F)CC1. The fourth-order valence-electron chi connectivity index (χ4n) is 3.14. The minimum absolute atomic E-state index is 0.00931. The van der Waals surface area contributed by atoms with Crippen molar-refractivity contribution in [3.63, 3.8) is 0 Å². The summed E-state index contributed by atoms with van der Waals surface area (Å²) in [5.74, 6) is -0.533. The van der Waals surface area contributed by atoms with E-state index in [2.05, 4.69) is 10.3 Å². The summed E-state index contributed by atoms with van der Waals surface area (Å²) in [7, 11) is 0. The van der Waals surface area contributed by atoms with Gasteiger partial charge in [-0.05, 0) is 36.1 Å². The predicted molar refractivity (Wildman–Crippen MR) is 95.5 cm³/mol. The molecule has 2 heterocycles. The Hall–Kier alpha value is -2.76. The van der Waals surface area contributed by atoms with E-state index in [1.54, 1.807) is 35.5 Å². The molecule has 1 aromatic heterocycles. The minimum Gasteiger partial charge on any atom is -0.352 e. The Labute approximate surface area is 152 Å². The number of likely N-dealkylation sites (tertiary alicyclic amines) is 1. The highest BCUT2D eigenvalue weighted by atomic mass is 19.1. The van der Waals surface area contributed by atoms with E-state index in [9.17, 15) is 14.0 Å². The number of piperidine rings is 1. The quantitative estimate of drug-likeness (QED) is 0.895.